The van der Waals surface area contributed by atoms with E-state index in [1.807, 2.05) is 0 Å². The van der Waals surface area contributed by atoms with Gasteiger partial charge in [-0.2, -0.15) is 0 Å². The van der Waals surface area contributed by atoms with Crippen LogP contribution in [-0.2, 0) is 6.54 Å². The van der Waals surface area contributed by atoms with Gasteiger partial charge in [0.05, 0.1) is 11.4 Å². The second kappa shape index (κ2) is 7.00. The second-order valence-corrected chi connectivity index (χ2v) is 4.94. The van der Waals surface area contributed by atoms with E-state index >= 15 is 0 Å². The fraction of sp³-hybridized carbons (Fsp3) is 0.176. The molecular formula is C17H17F2N3O. The molecule has 0 aliphatic carbocycles. The van der Waals surface area contributed by atoms with Crippen LogP contribution in [0.1, 0.15) is 13.8 Å². The highest BCUT2D eigenvalue weighted by Crippen LogP contribution is 2.31. The largest absolute Gasteiger partial charge is 0.404 e. The van der Waals surface area contributed by atoms with Gasteiger partial charge in [-0.25, -0.2) is 8.78 Å². The minimum Gasteiger partial charge on any atom is -0.404 e. The minimum atomic E-state index is -0.750. The van der Waals surface area contributed by atoms with Gasteiger partial charge in [-0.05, 0) is 43.8 Å². The summed E-state index contributed by atoms with van der Waals surface area (Å²) in [6.45, 7) is 3.86. The van der Waals surface area contributed by atoms with Crippen LogP contribution in [0.4, 0.5) is 14.5 Å². The summed E-state index contributed by atoms with van der Waals surface area (Å²) in [6.07, 6.45) is 2.90. The van der Waals surface area contributed by atoms with Crippen molar-refractivity contribution in [2.45, 2.75) is 20.4 Å². The fourth-order valence-corrected chi connectivity index (χ4v) is 2.17. The number of hydrogen-bond donors (Lipinski definition) is 1. The summed E-state index contributed by atoms with van der Waals surface area (Å²) >= 11 is 0. The summed E-state index contributed by atoms with van der Waals surface area (Å²) in [7, 11) is 0. The highest BCUT2D eigenvalue weighted by atomic mass is 19.1. The molecule has 6 heteroatoms. The first-order chi connectivity index (χ1) is 11.0. The predicted molar refractivity (Wildman–Crippen MR) is 87.8 cm³/mol. The Bertz CT molecular complexity index is 838. The second-order valence-electron chi connectivity index (χ2n) is 4.94. The number of benzene rings is 1. The maximum Gasteiger partial charge on any atom is 0.251 e. The SMILES string of the molecule is CCn1c(-c2ccc(F)cc2F)c(N=CC(C)=CN)ccc1=O. The van der Waals surface area contributed by atoms with Crippen LogP contribution in [0, 0.1) is 11.6 Å². The van der Waals surface area contributed by atoms with E-state index in [-0.39, 0.29) is 11.1 Å². The summed E-state index contributed by atoms with van der Waals surface area (Å²) in [5.74, 6) is -1.43. The van der Waals surface area contributed by atoms with Crippen molar-refractivity contribution in [2.75, 3.05) is 0 Å². The molecule has 0 radical (unpaired) electrons. The van der Waals surface area contributed by atoms with Gasteiger partial charge in [-0.1, -0.05) is 0 Å². The summed E-state index contributed by atoms with van der Waals surface area (Å²) in [5, 5.41) is 0. The summed E-state index contributed by atoms with van der Waals surface area (Å²) in [4.78, 5) is 16.3. The molecule has 1 aromatic heterocycles. The maximum absolute atomic E-state index is 14.2. The number of allylic oxidation sites excluding steroid dienone is 1. The minimum absolute atomic E-state index is 0.118. The number of nitrogens with zero attached hydrogens (tertiary/aromatic N) is 2. The molecule has 0 atom stereocenters. The average Bonchev–Trinajstić information content (AvgIpc) is 2.53. The normalized spacial score (nSPS) is 12.1. The molecule has 0 spiro atoms. The highest BCUT2D eigenvalue weighted by Gasteiger charge is 2.15. The summed E-state index contributed by atoms with van der Waals surface area (Å²) in [5.41, 5.74) is 6.65. The van der Waals surface area contributed by atoms with Crippen LogP contribution in [0.5, 0.6) is 0 Å². The van der Waals surface area contributed by atoms with E-state index in [4.69, 9.17) is 5.73 Å². The van der Waals surface area contributed by atoms with Gasteiger partial charge in [0.1, 0.15) is 11.6 Å². The Labute approximate surface area is 132 Å². The van der Waals surface area contributed by atoms with E-state index in [0.29, 0.717) is 23.5 Å². The Balaban J connectivity index is 2.75. The molecule has 0 fully saturated rings. The molecule has 2 aromatic rings. The van der Waals surface area contributed by atoms with E-state index in [9.17, 15) is 13.6 Å². The third-order valence-corrected chi connectivity index (χ3v) is 3.33. The standard InChI is InChI=1S/C17H17F2N3O/c1-3-22-16(23)7-6-15(21-10-11(2)9-20)17(22)13-5-4-12(18)8-14(13)19/h4-10H,3,20H2,1-2H3. The molecule has 2 rings (SSSR count). The molecular weight excluding hydrogens is 300 g/mol. The molecule has 0 unspecified atom stereocenters. The van der Waals surface area contributed by atoms with Crippen molar-refractivity contribution >= 4 is 11.9 Å². The molecule has 1 heterocycles. The van der Waals surface area contributed by atoms with Gasteiger partial charge in [0.2, 0.25) is 0 Å². The number of hydrogen-bond acceptors (Lipinski definition) is 3. The summed E-state index contributed by atoms with van der Waals surface area (Å²) < 4.78 is 28.7. The predicted octanol–water partition coefficient (Wildman–Crippen LogP) is 3.38. The van der Waals surface area contributed by atoms with E-state index in [1.54, 1.807) is 13.8 Å². The van der Waals surface area contributed by atoms with Crippen LogP contribution in [0.2, 0.25) is 0 Å². The monoisotopic (exact) mass is 317 g/mol. The quantitative estimate of drug-likeness (QED) is 0.879. The molecule has 0 bridgehead atoms. The molecule has 1 aromatic carbocycles. The number of pyridine rings is 1. The van der Waals surface area contributed by atoms with Crippen molar-refractivity contribution in [3.63, 3.8) is 0 Å². The third-order valence-electron chi connectivity index (χ3n) is 3.33. The van der Waals surface area contributed by atoms with Crippen molar-refractivity contribution in [3.05, 3.63) is 64.1 Å². The van der Waals surface area contributed by atoms with E-state index in [0.717, 1.165) is 12.1 Å². The molecule has 0 saturated heterocycles. The van der Waals surface area contributed by atoms with E-state index < -0.39 is 11.6 Å². The Kier molecular flexibility index (Phi) is 5.05. The highest BCUT2D eigenvalue weighted by molar-refractivity contribution is 5.83. The van der Waals surface area contributed by atoms with Crippen molar-refractivity contribution < 1.29 is 8.78 Å². The lowest BCUT2D eigenvalue weighted by molar-refractivity contribution is 0.583. The van der Waals surface area contributed by atoms with Crippen LogP contribution in [0.15, 0.2) is 51.9 Å². The zero-order valence-electron chi connectivity index (χ0n) is 12.9. The van der Waals surface area contributed by atoms with Crippen LogP contribution in [-0.4, -0.2) is 10.8 Å². The zero-order valence-corrected chi connectivity index (χ0v) is 12.9. The lowest BCUT2D eigenvalue weighted by Gasteiger charge is -2.14. The molecule has 0 aliphatic rings. The smallest absolute Gasteiger partial charge is 0.251 e. The first-order valence-electron chi connectivity index (χ1n) is 7.09. The van der Waals surface area contributed by atoms with Crippen LogP contribution >= 0.6 is 0 Å². The topological polar surface area (TPSA) is 60.4 Å². The van der Waals surface area contributed by atoms with Crippen molar-refractivity contribution in [2.24, 2.45) is 10.7 Å². The Hall–Kier alpha value is -2.76. The fourth-order valence-electron chi connectivity index (χ4n) is 2.17. The zero-order chi connectivity index (χ0) is 17.0. The van der Waals surface area contributed by atoms with E-state index in [2.05, 4.69) is 4.99 Å². The third kappa shape index (κ3) is 3.53. The van der Waals surface area contributed by atoms with Crippen molar-refractivity contribution in [1.82, 2.24) is 4.57 Å². The average molecular weight is 317 g/mol. The van der Waals surface area contributed by atoms with Gasteiger partial charge in [-0.15, -0.1) is 0 Å². The molecule has 0 aliphatic heterocycles. The number of halogens is 2. The van der Waals surface area contributed by atoms with Crippen LogP contribution < -0.4 is 11.3 Å². The molecule has 120 valence electrons. The number of nitrogens with two attached hydrogens (primary N) is 1. The van der Waals surface area contributed by atoms with Gasteiger partial charge in [0.25, 0.3) is 5.56 Å². The Morgan fingerprint density at radius 3 is 2.65 bits per heavy atom. The van der Waals surface area contributed by atoms with Gasteiger partial charge in [-0.3, -0.25) is 9.79 Å². The van der Waals surface area contributed by atoms with E-state index in [1.165, 1.54) is 35.2 Å². The van der Waals surface area contributed by atoms with Gasteiger partial charge < -0.3 is 10.3 Å². The van der Waals surface area contributed by atoms with Crippen molar-refractivity contribution in [1.29, 1.82) is 0 Å². The number of aromatic nitrogens is 1. The first-order valence-corrected chi connectivity index (χ1v) is 7.09. The van der Waals surface area contributed by atoms with Gasteiger partial charge in [0, 0.05) is 30.5 Å². The Morgan fingerprint density at radius 1 is 1.30 bits per heavy atom. The van der Waals surface area contributed by atoms with Crippen LogP contribution in [0.25, 0.3) is 11.3 Å². The van der Waals surface area contributed by atoms with Crippen LogP contribution in [0.3, 0.4) is 0 Å². The lowest BCUT2D eigenvalue weighted by atomic mass is 10.1. The summed E-state index contributed by atoms with van der Waals surface area (Å²) in [6, 6.07) is 6.10. The number of rotatable bonds is 4. The lowest BCUT2D eigenvalue weighted by Crippen LogP contribution is -2.20. The van der Waals surface area contributed by atoms with Gasteiger partial charge in [0.15, 0.2) is 0 Å². The van der Waals surface area contributed by atoms with Crippen molar-refractivity contribution in [3.8, 4) is 11.3 Å². The maximum atomic E-state index is 14.2. The number of aliphatic imine (C=N–C) groups is 1. The first kappa shape index (κ1) is 16.6. The molecule has 23 heavy (non-hydrogen) atoms. The Morgan fingerprint density at radius 2 is 2.04 bits per heavy atom. The molecule has 0 amide bonds. The molecule has 0 saturated carbocycles. The van der Waals surface area contributed by atoms with Gasteiger partial charge >= 0.3 is 0 Å². The molecule has 2 N–H and O–H groups in total. The molecule has 4 nitrogen and oxygen atoms in total.